The van der Waals surface area contributed by atoms with Crippen molar-refractivity contribution in [2.24, 2.45) is 5.92 Å². The number of carboxylic acids is 1. The van der Waals surface area contributed by atoms with Crippen LogP contribution in [-0.4, -0.2) is 41.0 Å². The normalized spacial score (nSPS) is 18.8. The Labute approximate surface area is 144 Å². The second-order valence-electron chi connectivity index (χ2n) is 6.65. The van der Waals surface area contributed by atoms with E-state index in [-0.39, 0.29) is 23.9 Å². The monoisotopic (exact) mass is 332 g/mol. The maximum Gasteiger partial charge on any atom is 0.306 e. The summed E-state index contributed by atoms with van der Waals surface area (Å²) in [6.45, 7) is 7.32. The van der Waals surface area contributed by atoms with Crippen molar-refractivity contribution >= 4 is 11.9 Å². The van der Waals surface area contributed by atoms with Crippen LogP contribution in [0, 0.1) is 5.92 Å². The molecule has 1 fully saturated rings. The summed E-state index contributed by atoms with van der Waals surface area (Å²) in [5.74, 6) is -1.00. The van der Waals surface area contributed by atoms with E-state index in [0.717, 1.165) is 12.0 Å². The molecule has 5 heteroatoms. The van der Waals surface area contributed by atoms with Crippen molar-refractivity contribution in [3.8, 4) is 0 Å². The predicted octanol–water partition coefficient (Wildman–Crippen LogP) is 2.61. The average molecular weight is 332 g/mol. The SMILES string of the molecule is CCc1ccc(C(C)NC(=O)C(C)N2CCC(C(=O)O)CC2)cc1. The summed E-state index contributed by atoms with van der Waals surface area (Å²) in [5, 5.41) is 12.1. The number of rotatable bonds is 6. The molecule has 1 aliphatic heterocycles. The molecule has 2 unspecified atom stereocenters. The Morgan fingerprint density at radius 1 is 1.21 bits per heavy atom. The number of piperidine rings is 1. The summed E-state index contributed by atoms with van der Waals surface area (Å²) in [6.07, 6.45) is 2.23. The first-order valence-electron chi connectivity index (χ1n) is 8.78. The van der Waals surface area contributed by atoms with Crippen LogP contribution in [0.1, 0.15) is 50.8 Å². The quantitative estimate of drug-likeness (QED) is 0.840. The third-order valence-electron chi connectivity index (χ3n) is 5.05. The second-order valence-corrected chi connectivity index (χ2v) is 6.65. The molecule has 1 saturated heterocycles. The molecule has 2 rings (SSSR count). The number of nitrogens with zero attached hydrogens (tertiary/aromatic N) is 1. The van der Waals surface area contributed by atoms with Crippen molar-refractivity contribution < 1.29 is 14.7 Å². The van der Waals surface area contributed by atoms with Crippen LogP contribution in [0.5, 0.6) is 0 Å². The highest BCUT2D eigenvalue weighted by molar-refractivity contribution is 5.81. The summed E-state index contributed by atoms with van der Waals surface area (Å²) in [4.78, 5) is 25.6. The van der Waals surface area contributed by atoms with Crippen molar-refractivity contribution in [2.45, 2.75) is 52.1 Å². The first-order valence-corrected chi connectivity index (χ1v) is 8.78. The molecule has 0 bridgehead atoms. The molecule has 1 aromatic carbocycles. The second kappa shape index (κ2) is 8.29. The van der Waals surface area contributed by atoms with Crippen LogP contribution in [0.25, 0.3) is 0 Å². The molecule has 1 heterocycles. The number of aliphatic carboxylic acids is 1. The van der Waals surface area contributed by atoms with E-state index in [1.54, 1.807) is 0 Å². The van der Waals surface area contributed by atoms with Crippen LogP contribution in [0.2, 0.25) is 0 Å². The summed E-state index contributed by atoms with van der Waals surface area (Å²) in [7, 11) is 0. The number of carbonyl (C=O) groups is 2. The molecule has 0 aliphatic carbocycles. The Kier molecular flexibility index (Phi) is 6.37. The van der Waals surface area contributed by atoms with Gasteiger partial charge in [0, 0.05) is 0 Å². The highest BCUT2D eigenvalue weighted by atomic mass is 16.4. The lowest BCUT2D eigenvalue weighted by Crippen LogP contribution is -2.49. The highest BCUT2D eigenvalue weighted by Gasteiger charge is 2.29. The van der Waals surface area contributed by atoms with Crippen LogP contribution in [-0.2, 0) is 16.0 Å². The number of amides is 1. The van der Waals surface area contributed by atoms with E-state index >= 15 is 0 Å². The minimum atomic E-state index is -0.726. The molecule has 0 spiro atoms. The van der Waals surface area contributed by atoms with Gasteiger partial charge in [-0.25, -0.2) is 0 Å². The zero-order valence-electron chi connectivity index (χ0n) is 14.8. The van der Waals surface area contributed by atoms with Gasteiger partial charge in [-0.3, -0.25) is 14.5 Å². The summed E-state index contributed by atoms with van der Waals surface area (Å²) >= 11 is 0. The van der Waals surface area contributed by atoms with Crippen molar-refractivity contribution in [1.82, 2.24) is 10.2 Å². The molecular weight excluding hydrogens is 304 g/mol. The molecule has 24 heavy (non-hydrogen) atoms. The lowest BCUT2D eigenvalue weighted by molar-refractivity contribution is -0.143. The van der Waals surface area contributed by atoms with Crippen molar-refractivity contribution in [1.29, 1.82) is 0 Å². The number of hydrogen-bond acceptors (Lipinski definition) is 3. The zero-order chi connectivity index (χ0) is 17.7. The number of carbonyl (C=O) groups excluding carboxylic acids is 1. The van der Waals surface area contributed by atoms with Gasteiger partial charge in [0.15, 0.2) is 0 Å². The minimum Gasteiger partial charge on any atom is -0.481 e. The Morgan fingerprint density at radius 3 is 2.29 bits per heavy atom. The molecule has 2 N–H and O–H groups in total. The van der Waals surface area contributed by atoms with Gasteiger partial charge < -0.3 is 10.4 Å². The molecule has 0 radical (unpaired) electrons. The Hall–Kier alpha value is -1.88. The van der Waals surface area contributed by atoms with Crippen molar-refractivity contribution in [3.63, 3.8) is 0 Å². The fourth-order valence-corrected chi connectivity index (χ4v) is 3.16. The van der Waals surface area contributed by atoms with Crippen LogP contribution in [0.3, 0.4) is 0 Å². The lowest BCUT2D eigenvalue weighted by atomic mass is 9.96. The molecule has 0 aromatic heterocycles. The number of carboxylic acid groups (broad SMARTS) is 1. The highest BCUT2D eigenvalue weighted by Crippen LogP contribution is 2.20. The Bertz CT molecular complexity index is 562. The van der Waals surface area contributed by atoms with Crippen LogP contribution in [0.15, 0.2) is 24.3 Å². The van der Waals surface area contributed by atoms with Gasteiger partial charge in [0.2, 0.25) is 5.91 Å². The van der Waals surface area contributed by atoms with Gasteiger partial charge in [-0.2, -0.15) is 0 Å². The third-order valence-corrected chi connectivity index (χ3v) is 5.05. The van der Waals surface area contributed by atoms with Crippen molar-refractivity contribution in [3.05, 3.63) is 35.4 Å². The Balaban J connectivity index is 1.87. The van der Waals surface area contributed by atoms with E-state index in [0.29, 0.717) is 25.9 Å². The first-order chi connectivity index (χ1) is 11.4. The minimum absolute atomic E-state index is 0.00385. The first kappa shape index (κ1) is 18.5. The van der Waals surface area contributed by atoms with E-state index < -0.39 is 5.97 Å². The molecule has 132 valence electrons. The van der Waals surface area contributed by atoms with Crippen LogP contribution < -0.4 is 5.32 Å². The summed E-state index contributed by atoms with van der Waals surface area (Å²) < 4.78 is 0. The van der Waals surface area contributed by atoms with Gasteiger partial charge in [-0.1, -0.05) is 31.2 Å². The molecule has 1 amide bonds. The van der Waals surface area contributed by atoms with Crippen LogP contribution >= 0.6 is 0 Å². The van der Waals surface area contributed by atoms with Crippen LogP contribution in [0.4, 0.5) is 0 Å². The van der Waals surface area contributed by atoms with E-state index in [9.17, 15) is 9.59 Å². The molecule has 1 aliphatic rings. The molecule has 5 nitrogen and oxygen atoms in total. The fourth-order valence-electron chi connectivity index (χ4n) is 3.16. The maximum absolute atomic E-state index is 12.5. The van der Waals surface area contributed by atoms with E-state index in [1.165, 1.54) is 5.56 Å². The van der Waals surface area contributed by atoms with Gasteiger partial charge >= 0.3 is 5.97 Å². The van der Waals surface area contributed by atoms with Gasteiger partial charge in [0.25, 0.3) is 0 Å². The summed E-state index contributed by atoms with van der Waals surface area (Å²) in [5.41, 5.74) is 2.38. The standard InChI is InChI=1S/C19H28N2O3/c1-4-15-5-7-16(8-6-15)13(2)20-18(22)14(3)21-11-9-17(10-12-21)19(23)24/h5-8,13-14,17H,4,9-12H2,1-3H3,(H,20,22)(H,23,24). The van der Waals surface area contributed by atoms with E-state index in [1.807, 2.05) is 13.8 Å². The van der Waals surface area contributed by atoms with E-state index in [2.05, 4.69) is 41.4 Å². The molecule has 2 atom stereocenters. The maximum atomic E-state index is 12.5. The van der Waals surface area contributed by atoms with Gasteiger partial charge in [0.1, 0.15) is 0 Å². The number of nitrogens with one attached hydrogen (secondary N) is 1. The largest absolute Gasteiger partial charge is 0.481 e. The smallest absolute Gasteiger partial charge is 0.306 e. The zero-order valence-corrected chi connectivity index (χ0v) is 14.8. The Morgan fingerprint density at radius 2 is 1.79 bits per heavy atom. The number of benzene rings is 1. The number of aryl methyl sites for hydroxylation is 1. The van der Waals surface area contributed by atoms with Gasteiger partial charge in [-0.15, -0.1) is 0 Å². The molecule has 0 saturated carbocycles. The third kappa shape index (κ3) is 4.57. The fraction of sp³-hybridized carbons (Fsp3) is 0.579. The average Bonchev–Trinajstić information content (AvgIpc) is 2.61. The van der Waals surface area contributed by atoms with E-state index in [4.69, 9.17) is 5.11 Å². The molecule has 1 aromatic rings. The summed E-state index contributed by atoms with van der Waals surface area (Å²) in [6, 6.07) is 8.04. The van der Waals surface area contributed by atoms with Crippen molar-refractivity contribution in [2.75, 3.05) is 13.1 Å². The predicted molar refractivity (Wildman–Crippen MR) is 93.8 cm³/mol. The number of likely N-dealkylation sites (tertiary alicyclic amines) is 1. The number of hydrogen-bond donors (Lipinski definition) is 2. The van der Waals surface area contributed by atoms with Gasteiger partial charge in [-0.05, 0) is 57.3 Å². The molecular formula is C19H28N2O3. The topological polar surface area (TPSA) is 69.6 Å². The van der Waals surface area contributed by atoms with Gasteiger partial charge in [0.05, 0.1) is 18.0 Å². The lowest BCUT2D eigenvalue weighted by Gasteiger charge is -2.34.